The summed E-state index contributed by atoms with van der Waals surface area (Å²) in [5.41, 5.74) is 4.06. The number of aliphatic hydroxyl groups excluding tert-OH is 1. The van der Waals surface area contributed by atoms with Gasteiger partial charge in [0.25, 0.3) is 0 Å². The summed E-state index contributed by atoms with van der Waals surface area (Å²) in [6.07, 6.45) is 9.85. The number of rotatable bonds is 9. The van der Waals surface area contributed by atoms with Gasteiger partial charge in [0, 0.05) is 37.9 Å². The van der Waals surface area contributed by atoms with Crippen LogP contribution in [0.3, 0.4) is 0 Å². The monoisotopic (exact) mass is 508 g/mol. The van der Waals surface area contributed by atoms with Gasteiger partial charge < -0.3 is 20.5 Å². The van der Waals surface area contributed by atoms with E-state index >= 15 is 0 Å². The lowest BCUT2D eigenvalue weighted by molar-refractivity contribution is -0.00343. The predicted molar refractivity (Wildman–Crippen MR) is 144 cm³/mol. The van der Waals surface area contributed by atoms with Crippen LogP contribution in [0.25, 0.3) is 20.8 Å². The zero-order chi connectivity index (χ0) is 24.8. The standard InChI is InChI=1S/C27H36N6O2S/c1-14(18-11-20(12-18)35-3)29-27-30-15(2)22(25(33-27)31-19-7-4-16(10-19)13-34)26-32-24-21(36-26)8-9-28-23(24)17-5-6-17/h8-9,14,16-20,34H,4-7,10-13H2,1-3H3,(H2,29,30,31,33)/t14-,16-,18?,19+,20?/m1/s1. The SMILES string of the molecule is COC1CC([C@@H](C)Nc2nc(C)c(-c3nc4c(C5CC5)nccc4s3)c(N[C@H]3CC[C@@H](CO)C3)n2)C1. The van der Waals surface area contributed by atoms with Crippen LogP contribution in [0.5, 0.6) is 0 Å². The second kappa shape index (κ2) is 9.84. The minimum absolute atomic E-state index is 0.247. The van der Waals surface area contributed by atoms with Gasteiger partial charge in [-0.3, -0.25) is 4.98 Å². The smallest absolute Gasteiger partial charge is 0.225 e. The number of aliphatic hydroxyl groups is 1. The molecule has 3 atom stereocenters. The highest BCUT2D eigenvalue weighted by Gasteiger charge is 2.34. The normalized spacial score (nSPS) is 26.7. The highest BCUT2D eigenvalue weighted by molar-refractivity contribution is 7.21. The molecule has 0 bridgehead atoms. The lowest BCUT2D eigenvalue weighted by atomic mass is 9.78. The van der Waals surface area contributed by atoms with Crippen molar-refractivity contribution in [3.63, 3.8) is 0 Å². The molecule has 8 nitrogen and oxygen atoms in total. The first-order valence-electron chi connectivity index (χ1n) is 13.3. The second-order valence-electron chi connectivity index (χ2n) is 10.9. The number of thiazole rings is 1. The molecule has 3 fully saturated rings. The van der Waals surface area contributed by atoms with Gasteiger partial charge in [0.05, 0.1) is 27.8 Å². The van der Waals surface area contributed by atoms with Gasteiger partial charge in [-0.15, -0.1) is 11.3 Å². The Morgan fingerprint density at radius 2 is 1.97 bits per heavy atom. The second-order valence-corrected chi connectivity index (χ2v) is 11.9. The summed E-state index contributed by atoms with van der Waals surface area (Å²) in [6, 6.07) is 2.62. The van der Waals surface area contributed by atoms with Crippen molar-refractivity contribution in [2.45, 2.75) is 82.9 Å². The molecule has 3 aromatic heterocycles. The molecule has 0 aliphatic heterocycles. The zero-order valence-corrected chi connectivity index (χ0v) is 22.1. The number of methoxy groups -OCH3 is 1. The minimum Gasteiger partial charge on any atom is -0.396 e. The molecule has 0 aromatic carbocycles. The number of fused-ring (bicyclic) bond motifs is 1. The van der Waals surface area contributed by atoms with Crippen molar-refractivity contribution in [1.29, 1.82) is 0 Å². The average molecular weight is 509 g/mol. The highest BCUT2D eigenvalue weighted by Crippen LogP contribution is 2.44. The quantitative estimate of drug-likeness (QED) is 0.365. The summed E-state index contributed by atoms with van der Waals surface area (Å²) in [5, 5.41) is 17.9. The van der Waals surface area contributed by atoms with E-state index in [1.807, 2.05) is 6.20 Å². The molecule has 3 aliphatic carbocycles. The van der Waals surface area contributed by atoms with Gasteiger partial charge in [-0.25, -0.2) is 9.97 Å². The lowest BCUT2D eigenvalue weighted by Gasteiger charge is -2.38. The number of ether oxygens (including phenoxy) is 1. The number of hydrogen-bond acceptors (Lipinski definition) is 9. The first-order valence-corrected chi connectivity index (χ1v) is 14.1. The van der Waals surface area contributed by atoms with E-state index in [4.69, 9.17) is 19.7 Å². The number of aryl methyl sites for hydroxylation is 1. The van der Waals surface area contributed by atoms with Crippen molar-refractivity contribution in [3.05, 3.63) is 23.7 Å². The maximum Gasteiger partial charge on any atom is 0.225 e. The summed E-state index contributed by atoms with van der Waals surface area (Å²) in [7, 11) is 1.79. The Kier molecular flexibility index (Phi) is 6.56. The fourth-order valence-electron chi connectivity index (χ4n) is 5.73. The lowest BCUT2D eigenvalue weighted by Crippen LogP contribution is -2.40. The Hall–Kier alpha value is -2.36. The average Bonchev–Trinajstić information content (AvgIpc) is 3.42. The molecule has 0 spiro atoms. The Morgan fingerprint density at radius 1 is 1.14 bits per heavy atom. The van der Waals surface area contributed by atoms with Crippen LogP contribution in [0.15, 0.2) is 12.3 Å². The van der Waals surface area contributed by atoms with Gasteiger partial charge in [-0.05, 0) is 76.7 Å². The van der Waals surface area contributed by atoms with Crippen LogP contribution in [0, 0.1) is 18.8 Å². The number of pyridine rings is 1. The molecule has 0 amide bonds. The van der Waals surface area contributed by atoms with Crippen LogP contribution in [0.4, 0.5) is 11.8 Å². The maximum absolute atomic E-state index is 9.66. The molecular weight excluding hydrogens is 472 g/mol. The topological polar surface area (TPSA) is 105 Å². The minimum atomic E-state index is 0.247. The van der Waals surface area contributed by atoms with E-state index in [1.165, 1.54) is 17.5 Å². The molecule has 36 heavy (non-hydrogen) atoms. The third-order valence-corrected chi connectivity index (χ3v) is 9.31. The van der Waals surface area contributed by atoms with Gasteiger partial charge in [-0.2, -0.15) is 4.98 Å². The number of nitrogens with one attached hydrogen (secondary N) is 2. The Labute approximate surface area is 216 Å². The fourth-order valence-corrected chi connectivity index (χ4v) is 6.80. The van der Waals surface area contributed by atoms with Crippen LogP contribution in [0.2, 0.25) is 0 Å². The summed E-state index contributed by atoms with van der Waals surface area (Å²) in [6.45, 7) is 4.51. The molecule has 3 saturated carbocycles. The Balaban J connectivity index is 1.33. The molecule has 3 N–H and O–H groups in total. The molecule has 0 saturated heterocycles. The van der Waals surface area contributed by atoms with Gasteiger partial charge in [0.15, 0.2) is 0 Å². The van der Waals surface area contributed by atoms with E-state index in [2.05, 4.69) is 35.5 Å². The number of nitrogens with zero attached hydrogens (tertiary/aromatic N) is 4. The highest BCUT2D eigenvalue weighted by atomic mass is 32.1. The maximum atomic E-state index is 9.66. The predicted octanol–water partition coefficient (Wildman–Crippen LogP) is 5.13. The third-order valence-electron chi connectivity index (χ3n) is 8.27. The van der Waals surface area contributed by atoms with Crippen molar-refractivity contribution in [1.82, 2.24) is 19.9 Å². The summed E-state index contributed by atoms with van der Waals surface area (Å²) >= 11 is 1.70. The summed E-state index contributed by atoms with van der Waals surface area (Å²) in [5.74, 6) is 2.96. The van der Waals surface area contributed by atoms with Crippen molar-refractivity contribution in [2.75, 3.05) is 24.4 Å². The molecule has 0 unspecified atom stereocenters. The van der Waals surface area contributed by atoms with Crippen LogP contribution < -0.4 is 10.6 Å². The van der Waals surface area contributed by atoms with Gasteiger partial charge in [0.2, 0.25) is 5.95 Å². The molecule has 9 heteroatoms. The fraction of sp³-hybridized carbons (Fsp3) is 0.630. The van der Waals surface area contributed by atoms with Crippen LogP contribution in [-0.4, -0.2) is 56.9 Å². The number of hydrogen-bond donors (Lipinski definition) is 3. The number of anilines is 2. The molecule has 6 rings (SSSR count). The van der Waals surface area contributed by atoms with Crippen molar-refractivity contribution >= 4 is 33.3 Å². The number of aromatic nitrogens is 4. The zero-order valence-electron chi connectivity index (χ0n) is 21.3. The van der Waals surface area contributed by atoms with Crippen molar-refractivity contribution in [2.24, 2.45) is 11.8 Å². The van der Waals surface area contributed by atoms with Crippen molar-refractivity contribution in [3.8, 4) is 10.6 Å². The Morgan fingerprint density at radius 3 is 2.69 bits per heavy atom. The molecule has 3 aliphatic rings. The summed E-state index contributed by atoms with van der Waals surface area (Å²) < 4.78 is 6.64. The first-order chi connectivity index (χ1) is 17.5. The molecule has 0 radical (unpaired) electrons. The first kappa shape index (κ1) is 24.0. The van der Waals surface area contributed by atoms with E-state index in [-0.39, 0.29) is 18.7 Å². The van der Waals surface area contributed by atoms with E-state index in [0.29, 0.717) is 29.8 Å². The van der Waals surface area contributed by atoms with Crippen LogP contribution in [-0.2, 0) is 4.74 Å². The summed E-state index contributed by atoms with van der Waals surface area (Å²) in [4.78, 5) is 19.7. The van der Waals surface area contributed by atoms with E-state index in [1.54, 1.807) is 18.4 Å². The van der Waals surface area contributed by atoms with Gasteiger partial charge in [0.1, 0.15) is 16.3 Å². The molecule has 3 heterocycles. The molecule has 192 valence electrons. The van der Waals surface area contributed by atoms with E-state index in [0.717, 1.165) is 65.4 Å². The van der Waals surface area contributed by atoms with E-state index in [9.17, 15) is 5.11 Å². The van der Waals surface area contributed by atoms with Crippen LogP contribution >= 0.6 is 11.3 Å². The largest absolute Gasteiger partial charge is 0.396 e. The van der Waals surface area contributed by atoms with E-state index < -0.39 is 0 Å². The Bertz CT molecular complexity index is 1240. The van der Waals surface area contributed by atoms with Crippen molar-refractivity contribution < 1.29 is 9.84 Å². The third kappa shape index (κ3) is 4.68. The van der Waals surface area contributed by atoms with Gasteiger partial charge in [-0.1, -0.05) is 0 Å². The van der Waals surface area contributed by atoms with Crippen LogP contribution in [0.1, 0.15) is 69.2 Å². The molecular formula is C27H36N6O2S. The molecule has 3 aromatic rings. The van der Waals surface area contributed by atoms with Gasteiger partial charge >= 0.3 is 0 Å².